The quantitative estimate of drug-likeness (QED) is 0.859. The summed E-state index contributed by atoms with van der Waals surface area (Å²) in [6.45, 7) is 7.30. The van der Waals surface area contributed by atoms with E-state index in [-0.39, 0.29) is 29.9 Å². The Kier molecular flexibility index (Phi) is 6.04. The highest BCUT2D eigenvalue weighted by Gasteiger charge is 2.33. The third kappa shape index (κ3) is 4.70. The van der Waals surface area contributed by atoms with Gasteiger partial charge in [0.15, 0.2) is 0 Å². The number of ether oxygens (including phenoxy) is 1. The Hall–Kier alpha value is -1.56. The first kappa shape index (κ1) is 17.8. The molecule has 1 saturated heterocycles. The van der Waals surface area contributed by atoms with E-state index in [4.69, 9.17) is 4.74 Å². The molecular formula is C17H26N2O3S. The summed E-state index contributed by atoms with van der Waals surface area (Å²) in [5.41, 5.74) is 0. The highest BCUT2D eigenvalue weighted by Crippen LogP contribution is 2.24. The van der Waals surface area contributed by atoms with Crippen LogP contribution in [0.4, 0.5) is 4.79 Å². The molecule has 1 aliphatic heterocycles. The summed E-state index contributed by atoms with van der Waals surface area (Å²) in [5.74, 6) is -0.147. The van der Waals surface area contributed by atoms with E-state index in [1.165, 1.54) is 16.9 Å². The zero-order valence-corrected chi connectivity index (χ0v) is 15.1. The van der Waals surface area contributed by atoms with Crippen LogP contribution in [-0.2, 0) is 16.0 Å². The molecule has 0 aromatic carbocycles. The maximum atomic E-state index is 12.4. The van der Waals surface area contributed by atoms with Crippen molar-refractivity contribution in [1.82, 2.24) is 10.2 Å². The average molecular weight is 338 g/mol. The first-order chi connectivity index (χ1) is 10.9. The number of methoxy groups -OCH3 is 1. The molecule has 0 aliphatic carbocycles. The second-order valence-corrected chi connectivity index (χ2v) is 7.78. The normalized spacial score (nSPS) is 22.5. The van der Waals surface area contributed by atoms with Gasteiger partial charge in [0.05, 0.1) is 13.0 Å². The minimum atomic E-state index is -0.168. The van der Waals surface area contributed by atoms with Crippen molar-refractivity contribution < 1.29 is 14.3 Å². The number of carbonyl (C=O) groups is 2. The Balaban J connectivity index is 1.83. The lowest BCUT2D eigenvalue weighted by molar-refractivity contribution is -0.148. The van der Waals surface area contributed by atoms with E-state index in [1.54, 1.807) is 16.2 Å². The zero-order valence-electron chi connectivity index (χ0n) is 14.3. The van der Waals surface area contributed by atoms with Crippen LogP contribution in [0.1, 0.15) is 30.0 Å². The molecule has 5 nitrogen and oxygen atoms in total. The second kappa shape index (κ2) is 7.81. The lowest BCUT2D eigenvalue weighted by Gasteiger charge is -2.36. The maximum absolute atomic E-state index is 12.4. The molecule has 23 heavy (non-hydrogen) atoms. The lowest BCUT2D eigenvalue weighted by atomic mass is 9.87. The van der Waals surface area contributed by atoms with Gasteiger partial charge in [0.2, 0.25) is 0 Å². The van der Waals surface area contributed by atoms with Crippen LogP contribution in [0.5, 0.6) is 0 Å². The van der Waals surface area contributed by atoms with Crippen LogP contribution >= 0.6 is 11.3 Å². The highest BCUT2D eigenvalue weighted by atomic mass is 32.1. The molecule has 1 fully saturated rings. The number of nitrogens with zero attached hydrogens (tertiary/aromatic N) is 1. The van der Waals surface area contributed by atoms with Crippen LogP contribution in [0.15, 0.2) is 12.1 Å². The molecule has 1 aromatic heterocycles. The van der Waals surface area contributed by atoms with Crippen LogP contribution < -0.4 is 5.32 Å². The summed E-state index contributed by atoms with van der Waals surface area (Å²) in [6, 6.07) is 4.27. The monoisotopic (exact) mass is 338 g/mol. The summed E-state index contributed by atoms with van der Waals surface area (Å²) in [4.78, 5) is 28.5. The van der Waals surface area contributed by atoms with Gasteiger partial charge in [0.25, 0.3) is 0 Å². The fraction of sp³-hybridized carbons (Fsp3) is 0.647. The van der Waals surface area contributed by atoms with Crippen molar-refractivity contribution in [3.63, 3.8) is 0 Å². The molecule has 3 atom stereocenters. The number of urea groups is 1. The number of thiophene rings is 1. The van der Waals surface area contributed by atoms with Crippen LogP contribution in [-0.4, -0.2) is 43.1 Å². The van der Waals surface area contributed by atoms with Gasteiger partial charge in [-0.05, 0) is 38.3 Å². The van der Waals surface area contributed by atoms with Crippen molar-refractivity contribution >= 4 is 23.3 Å². The van der Waals surface area contributed by atoms with E-state index in [0.29, 0.717) is 19.5 Å². The van der Waals surface area contributed by atoms with E-state index >= 15 is 0 Å². The first-order valence-corrected chi connectivity index (χ1v) is 8.91. The molecule has 1 aromatic rings. The van der Waals surface area contributed by atoms with Gasteiger partial charge in [-0.2, -0.15) is 0 Å². The molecule has 128 valence electrons. The van der Waals surface area contributed by atoms with Crippen molar-refractivity contribution in [1.29, 1.82) is 0 Å². The van der Waals surface area contributed by atoms with E-state index in [9.17, 15) is 9.59 Å². The Labute approximate surface area is 142 Å². The highest BCUT2D eigenvalue weighted by molar-refractivity contribution is 7.11. The largest absolute Gasteiger partial charge is 0.469 e. The van der Waals surface area contributed by atoms with Crippen molar-refractivity contribution in [2.24, 2.45) is 11.8 Å². The molecular weight excluding hydrogens is 312 g/mol. The van der Waals surface area contributed by atoms with Crippen LogP contribution in [0.25, 0.3) is 0 Å². The molecule has 1 N–H and O–H groups in total. The standard InChI is InChI=1S/C17H26N2O3S/c1-11-10-19(8-7-15(11)16(20)22-4)17(21)18-12(2)9-14-6-5-13(3)23-14/h5-6,11-12,15H,7-10H2,1-4H3,(H,18,21). The van der Waals surface area contributed by atoms with Gasteiger partial charge in [0.1, 0.15) is 0 Å². The van der Waals surface area contributed by atoms with Crippen molar-refractivity contribution in [2.45, 2.75) is 39.7 Å². The summed E-state index contributed by atoms with van der Waals surface area (Å²) >= 11 is 1.77. The molecule has 6 heteroatoms. The molecule has 0 saturated carbocycles. The van der Waals surface area contributed by atoms with E-state index in [1.807, 2.05) is 13.8 Å². The van der Waals surface area contributed by atoms with Gasteiger partial charge >= 0.3 is 12.0 Å². The van der Waals surface area contributed by atoms with Crippen LogP contribution in [0, 0.1) is 18.8 Å². The number of aryl methyl sites for hydroxylation is 1. The van der Waals surface area contributed by atoms with Crippen molar-refractivity contribution in [3.8, 4) is 0 Å². The number of carbonyl (C=O) groups excluding carboxylic acids is 2. The minimum Gasteiger partial charge on any atom is -0.469 e. The van der Waals surface area contributed by atoms with Crippen molar-refractivity contribution in [3.05, 3.63) is 21.9 Å². The van der Waals surface area contributed by atoms with Gasteiger partial charge in [-0.15, -0.1) is 11.3 Å². The average Bonchev–Trinajstić information content (AvgIpc) is 2.91. The zero-order chi connectivity index (χ0) is 17.0. The second-order valence-electron chi connectivity index (χ2n) is 6.41. The van der Waals surface area contributed by atoms with Gasteiger partial charge in [0, 0.05) is 35.3 Å². The van der Waals surface area contributed by atoms with Crippen LogP contribution in [0.2, 0.25) is 0 Å². The maximum Gasteiger partial charge on any atom is 0.317 e. The third-order valence-corrected chi connectivity index (χ3v) is 5.39. The number of piperidine rings is 1. The Bertz CT molecular complexity index is 558. The van der Waals surface area contributed by atoms with Gasteiger partial charge in [-0.1, -0.05) is 6.92 Å². The predicted octanol–water partition coefficient (Wildman–Crippen LogP) is 2.83. The Morgan fingerprint density at radius 1 is 1.48 bits per heavy atom. The SMILES string of the molecule is COC(=O)C1CCN(C(=O)NC(C)Cc2ccc(C)s2)CC1C. The smallest absolute Gasteiger partial charge is 0.317 e. The number of hydrogen-bond acceptors (Lipinski definition) is 4. The fourth-order valence-electron chi connectivity index (χ4n) is 3.08. The molecule has 2 rings (SSSR count). The van der Waals surface area contributed by atoms with Gasteiger partial charge in [-0.3, -0.25) is 4.79 Å². The Morgan fingerprint density at radius 2 is 2.22 bits per heavy atom. The molecule has 0 spiro atoms. The van der Waals surface area contributed by atoms with Crippen molar-refractivity contribution in [2.75, 3.05) is 20.2 Å². The third-order valence-electron chi connectivity index (χ3n) is 4.37. The van der Waals surface area contributed by atoms with E-state index < -0.39 is 0 Å². The summed E-state index contributed by atoms with van der Waals surface area (Å²) in [6.07, 6.45) is 1.51. The molecule has 3 unspecified atom stereocenters. The Morgan fingerprint density at radius 3 is 2.78 bits per heavy atom. The minimum absolute atomic E-state index is 0.0408. The molecule has 2 amide bonds. The van der Waals surface area contributed by atoms with Crippen LogP contribution in [0.3, 0.4) is 0 Å². The molecule has 1 aliphatic rings. The van der Waals surface area contributed by atoms with Gasteiger partial charge < -0.3 is 15.0 Å². The van der Waals surface area contributed by atoms with Gasteiger partial charge in [-0.25, -0.2) is 4.79 Å². The number of hydrogen-bond donors (Lipinski definition) is 1. The number of likely N-dealkylation sites (tertiary alicyclic amines) is 1. The van der Waals surface area contributed by atoms with E-state index in [2.05, 4.69) is 24.4 Å². The number of esters is 1. The predicted molar refractivity (Wildman–Crippen MR) is 91.6 cm³/mol. The molecule has 0 bridgehead atoms. The summed E-state index contributed by atoms with van der Waals surface area (Å²) in [7, 11) is 1.42. The summed E-state index contributed by atoms with van der Waals surface area (Å²) < 4.78 is 4.83. The fourth-order valence-corrected chi connectivity index (χ4v) is 4.10. The lowest BCUT2D eigenvalue weighted by Crippen LogP contribution is -2.51. The molecule has 0 radical (unpaired) electrons. The molecule has 2 heterocycles. The number of rotatable bonds is 4. The summed E-state index contributed by atoms with van der Waals surface area (Å²) in [5, 5.41) is 3.06. The topological polar surface area (TPSA) is 58.6 Å². The number of nitrogens with one attached hydrogen (secondary N) is 1. The first-order valence-electron chi connectivity index (χ1n) is 8.09. The number of amides is 2. The van der Waals surface area contributed by atoms with E-state index in [0.717, 1.165) is 6.42 Å².